The molecular weight excluding hydrogens is 519 g/mol. The molecule has 2 atom stereocenters. The Balaban J connectivity index is 1.40. The molecule has 0 fully saturated rings. The van der Waals surface area contributed by atoms with Gasteiger partial charge in [0.05, 0.1) is 18.7 Å². The summed E-state index contributed by atoms with van der Waals surface area (Å²) in [7, 11) is -2.34. The lowest BCUT2D eigenvalue weighted by Crippen LogP contribution is -2.53. The first kappa shape index (κ1) is 28.4. The number of methoxy groups -OCH3 is 1. The molecule has 0 spiro atoms. The van der Waals surface area contributed by atoms with Crippen molar-refractivity contribution in [1.82, 2.24) is 15.0 Å². The molecule has 1 amide bonds. The molecule has 0 saturated carbocycles. The quantitative estimate of drug-likeness (QED) is 0.234. The second kappa shape index (κ2) is 12.5. The lowest BCUT2D eigenvalue weighted by molar-refractivity contribution is -0.124. The number of aromatic nitrogens is 1. The first-order valence-corrected chi connectivity index (χ1v) is 14.3. The van der Waals surface area contributed by atoms with Crippen LogP contribution >= 0.6 is 0 Å². The molecule has 0 radical (unpaired) electrons. The van der Waals surface area contributed by atoms with E-state index in [0.29, 0.717) is 32.1 Å². The fourth-order valence-corrected chi connectivity index (χ4v) is 5.94. The summed E-state index contributed by atoms with van der Waals surface area (Å²) in [6, 6.07) is 14.1. The predicted octanol–water partition coefficient (Wildman–Crippen LogP) is 3.37. The van der Waals surface area contributed by atoms with Crippen LogP contribution in [0.15, 0.2) is 84.0 Å². The van der Waals surface area contributed by atoms with Gasteiger partial charge in [0.15, 0.2) is 0 Å². The van der Waals surface area contributed by atoms with Gasteiger partial charge < -0.3 is 15.8 Å². The number of sulfonamides is 1. The smallest absolute Gasteiger partial charge is 0.243 e. The normalized spacial score (nSPS) is 17.3. The summed E-state index contributed by atoms with van der Waals surface area (Å²) in [6.45, 7) is 0.105. The lowest BCUT2D eigenvalue weighted by Gasteiger charge is -2.37. The van der Waals surface area contributed by atoms with Crippen LogP contribution in [0.1, 0.15) is 36.0 Å². The van der Waals surface area contributed by atoms with Crippen molar-refractivity contribution in [2.24, 2.45) is 5.73 Å². The summed E-state index contributed by atoms with van der Waals surface area (Å²) >= 11 is 0. The van der Waals surface area contributed by atoms with E-state index < -0.39 is 32.3 Å². The highest BCUT2D eigenvalue weighted by Gasteiger charge is 2.36. The number of nitrogens with one attached hydrogen (secondary N) is 2. The monoisotopic (exact) mass is 552 g/mol. The molecule has 1 heterocycles. The van der Waals surface area contributed by atoms with Gasteiger partial charge in [-0.1, -0.05) is 42.8 Å². The van der Waals surface area contributed by atoms with E-state index in [1.165, 1.54) is 18.2 Å². The van der Waals surface area contributed by atoms with Crippen molar-refractivity contribution in [3.63, 3.8) is 0 Å². The number of carbonyl (C=O) groups excluding carboxylic acids is 1. The first-order valence-electron chi connectivity index (χ1n) is 12.8. The predicted molar refractivity (Wildman–Crippen MR) is 147 cm³/mol. The van der Waals surface area contributed by atoms with Crippen LogP contribution in [0.5, 0.6) is 5.75 Å². The van der Waals surface area contributed by atoms with Gasteiger partial charge >= 0.3 is 0 Å². The van der Waals surface area contributed by atoms with Gasteiger partial charge in [0.1, 0.15) is 16.5 Å². The minimum atomic E-state index is -3.96. The molecule has 1 unspecified atom stereocenters. The number of fused-ring (bicyclic) bond motifs is 1. The Morgan fingerprint density at radius 1 is 1.18 bits per heavy atom. The Bertz CT molecular complexity index is 1430. The Morgan fingerprint density at radius 3 is 2.74 bits per heavy atom. The van der Waals surface area contributed by atoms with Crippen LogP contribution in [-0.2, 0) is 33.2 Å². The zero-order valence-corrected chi connectivity index (χ0v) is 22.6. The molecule has 0 aliphatic heterocycles. The third-order valence-corrected chi connectivity index (χ3v) is 8.28. The molecule has 206 valence electrons. The summed E-state index contributed by atoms with van der Waals surface area (Å²) < 4.78 is 46.4. The third-order valence-electron chi connectivity index (χ3n) is 6.78. The number of hydrogen-bond donors (Lipinski definition) is 3. The fourth-order valence-electron chi connectivity index (χ4n) is 4.79. The van der Waals surface area contributed by atoms with Crippen molar-refractivity contribution in [2.75, 3.05) is 13.7 Å². The Hall–Kier alpha value is -3.60. The number of pyridine rings is 1. The van der Waals surface area contributed by atoms with E-state index in [9.17, 15) is 17.6 Å². The van der Waals surface area contributed by atoms with Gasteiger partial charge in [-0.3, -0.25) is 9.78 Å². The van der Waals surface area contributed by atoms with Crippen molar-refractivity contribution in [3.05, 3.63) is 102 Å². The van der Waals surface area contributed by atoms with Gasteiger partial charge in [-0.2, -0.15) is 0 Å². The van der Waals surface area contributed by atoms with E-state index in [0.717, 1.165) is 28.5 Å². The number of hydrogen-bond acceptors (Lipinski definition) is 6. The molecule has 4 N–H and O–H groups in total. The third kappa shape index (κ3) is 6.89. The minimum absolute atomic E-state index is 0.105. The Kier molecular flexibility index (Phi) is 9.11. The van der Waals surface area contributed by atoms with E-state index in [1.807, 2.05) is 42.5 Å². The van der Waals surface area contributed by atoms with Crippen LogP contribution in [0.25, 0.3) is 0 Å². The second-order valence-corrected chi connectivity index (χ2v) is 11.3. The van der Waals surface area contributed by atoms with Crippen LogP contribution in [0, 0.1) is 5.82 Å². The Labute approximate surface area is 228 Å². The van der Waals surface area contributed by atoms with Gasteiger partial charge in [-0.05, 0) is 66.3 Å². The highest BCUT2D eigenvalue weighted by Crippen LogP contribution is 2.36. The number of nitrogens with zero attached hydrogens (tertiary/aromatic N) is 1. The lowest BCUT2D eigenvalue weighted by atomic mass is 9.77. The summed E-state index contributed by atoms with van der Waals surface area (Å²) in [5.74, 6) is -0.368. The number of carbonyl (C=O) groups is 1. The maximum atomic E-state index is 13.9. The topological polar surface area (TPSA) is 123 Å². The SMILES string of the molecule is COc1ccc2c(c1)CC=CC2(Cc1cccnc1)NC(=O)[C@@H](N)CCCCNS(=O)(=O)c1ccccc1F. The highest BCUT2D eigenvalue weighted by molar-refractivity contribution is 7.89. The number of benzene rings is 2. The number of ether oxygens (including phenoxy) is 1. The maximum absolute atomic E-state index is 13.9. The molecule has 1 aromatic heterocycles. The number of nitrogens with two attached hydrogens (primary N) is 1. The first-order chi connectivity index (χ1) is 18.7. The van der Waals surface area contributed by atoms with E-state index in [4.69, 9.17) is 10.5 Å². The molecule has 39 heavy (non-hydrogen) atoms. The molecule has 1 aliphatic carbocycles. The standard InChI is InChI=1S/C29H33FN4O4S/c1-38-23-13-14-24-22(18-23)9-6-15-29(24,19-21-8-7-16-32-20-21)34-28(35)26(31)11-4-5-17-33-39(36,37)27-12-3-2-10-25(27)30/h2-3,6-8,10,12-16,18,20,26,33H,4-5,9,11,17,19,31H2,1H3,(H,34,35)/t26-,29?/m0/s1. The van der Waals surface area contributed by atoms with Crippen molar-refractivity contribution < 1.29 is 22.3 Å². The second-order valence-electron chi connectivity index (χ2n) is 9.56. The van der Waals surface area contributed by atoms with Crippen LogP contribution in [-0.4, -0.2) is 39.0 Å². The van der Waals surface area contributed by atoms with Gasteiger partial charge in [0, 0.05) is 25.4 Å². The van der Waals surface area contributed by atoms with Crippen LogP contribution in [0.3, 0.4) is 0 Å². The largest absolute Gasteiger partial charge is 0.497 e. The van der Waals surface area contributed by atoms with Crippen molar-refractivity contribution in [2.45, 2.75) is 48.6 Å². The number of halogens is 1. The van der Waals surface area contributed by atoms with E-state index in [2.05, 4.69) is 15.0 Å². The number of unbranched alkanes of at least 4 members (excludes halogenated alkanes) is 1. The van der Waals surface area contributed by atoms with E-state index in [1.54, 1.807) is 19.5 Å². The molecule has 10 heteroatoms. The molecule has 3 aromatic rings. The van der Waals surface area contributed by atoms with Crippen molar-refractivity contribution in [3.8, 4) is 5.75 Å². The summed E-state index contributed by atoms with van der Waals surface area (Å²) in [5, 5.41) is 3.19. The number of allylic oxidation sites excluding steroid dienone is 1. The zero-order chi connectivity index (χ0) is 27.9. The van der Waals surface area contributed by atoms with Crippen LogP contribution in [0.2, 0.25) is 0 Å². The van der Waals surface area contributed by atoms with Gasteiger partial charge in [-0.25, -0.2) is 17.5 Å². The molecule has 4 rings (SSSR count). The summed E-state index contributed by atoms with van der Waals surface area (Å²) in [6.07, 6.45) is 10.0. The number of rotatable bonds is 12. The van der Waals surface area contributed by atoms with E-state index >= 15 is 0 Å². The van der Waals surface area contributed by atoms with Crippen molar-refractivity contribution >= 4 is 15.9 Å². The molecule has 0 saturated heterocycles. The summed E-state index contributed by atoms with van der Waals surface area (Å²) in [4.78, 5) is 17.2. The van der Waals surface area contributed by atoms with Gasteiger partial charge in [-0.15, -0.1) is 0 Å². The molecule has 0 bridgehead atoms. The molecular formula is C29H33FN4O4S. The van der Waals surface area contributed by atoms with Crippen molar-refractivity contribution in [1.29, 1.82) is 0 Å². The van der Waals surface area contributed by atoms with Crippen LogP contribution in [0.4, 0.5) is 4.39 Å². The maximum Gasteiger partial charge on any atom is 0.243 e. The van der Waals surface area contributed by atoms with Gasteiger partial charge in [0.25, 0.3) is 0 Å². The minimum Gasteiger partial charge on any atom is -0.497 e. The summed E-state index contributed by atoms with van der Waals surface area (Å²) in [5.41, 5.74) is 8.44. The zero-order valence-electron chi connectivity index (χ0n) is 21.8. The van der Waals surface area contributed by atoms with Crippen LogP contribution < -0.4 is 20.5 Å². The average molecular weight is 553 g/mol. The average Bonchev–Trinajstić information content (AvgIpc) is 2.93. The molecule has 2 aromatic carbocycles. The molecule has 8 nitrogen and oxygen atoms in total. The fraction of sp³-hybridized carbons (Fsp3) is 0.310. The highest BCUT2D eigenvalue weighted by atomic mass is 32.2. The Morgan fingerprint density at radius 2 is 2.00 bits per heavy atom. The number of amides is 1. The molecule has 1 aliphatic rings. The van der Waals surface area contributed by atoms with Gasteiger partial charge in [0.2, 0.25) is 15.9 Å². The van der Waals surface area contributed by atoms with E-state index in [-0.39, 0.29) is 12.5 Å².